The van der Waals surface area contributed by atoms with Crippen molar-refractivity contribution in [2.75, 3.05) is 6.61 Å². The highest BCUT2D eigenvalue weighted by Gasteiger charge is 2.13. The minimum absolute atomic E-state index is 0.339. The fraction of sp³-hybridized carbons (Fsp3) is 0.286. The highest BCUT2D eigenvalue weighted by molar-refractivity contribution is 6.01. The molecule has 0 fully saturated rings. The van der Waals surface area contributed by atoms with Crippen molar-refractivity contribution < 1.29 is 18.7 Å². The zero-order valence-electron chi connectivity index (χ0n) is 15.1. The van der Waals surface area contributed by atoms with Gasteiger partial charge in [-0.1, -0.05) is 17.2 Å². The lowest BCUT2D eigenvalue weighted by Crippen LogP contribution is -2.04. The van der Waals surface area contributed by atoms with Crippen LogP contribution < -0.4 is 10.4 Å². The van der Waals surface area contributed by atoms with Gasteiger partial charge in [0.25, 0.3) is 0 Å². The number of rotatable bonds is 6. The Morgan fingerprint density at radius 3 is 2.73 bits per heavy atom. The van der Waals surface area contributed by atoms with Crippen LogP contribution in [0.15, 0.2) is 67.5 Å². The molecule has 0 radical (unpaired) electrons. The Labute approximate surface area is 151 Å². The van der Waals surface area contributed by atoms with E-state index in [1.807, 2.05) is 39.0 Å². The van der Waals surface area contributed by atoms with Crippen LogP contribution in [-0.2, 0) is 0 Å². The van der Waals surface area contributed by atoms with Gasteiger partial charge in [-0.15, -0.1) is 0 Å². The van der Waals surface area contributed by atoms with Gasteiger partial charge in [0, 0.05) is 12.1 Å². The van der Waals surface area contributed by atoms with E-state index in [-0.39, 0.29) is 0 Å². The molecule has 136 valence electrons. The molecule has 26 heavy (non-hydrogen) atoms. The Bertz CT molecular complexity index is 1030. The minimum atomic E-state index is -0.497. The Morgan fingerprint density at radius 1 is 1.19 bits per heavy atom. The van der Waals surface area contributed by atoms with Crippen molar-refractivity contribution in [1.29, 1.82) is 0 Å². The van der Waals surface area contributed by atoms with Crippen LogP contribution in [0.3, 0.4) is 0 Å². The van der Waals surface area contributed by atoms with Gasteiger partial charge in [-0.05, 0) is 45.4 Å². The van der Waals surface area contributed by atoms with Gasteiger partial charge in [0.05, 0.1) is 23.1 Å². The lowest BCUT2D eigenvalue weighted by atomic mass is 10.1. The zero-order chi connectivity index (χ0) is 18.7. The van der Waals surface area contributed by atoms with E-state index in [1.165, 1.54) is 6.07 Å². The number of hydrogen-bond donors (Lipinski definition) is 1. The van der Waals surface area contributed by atoms with Crippen LogP contribution in [0.5, 0.6) is 5.75 Å². The van der Waals surface area contributed by atoms with Crippen molar-refractivity contribution in [3.05, 3.63) is 64.2 Å². The summed E-state index contributed by atoms with van der Waals surface area (Å²) in [6, 6.07) is 6.58. The predicted octanol–water partition coefficient (Wildman–Crippen LogP) is 4.58. The van der Waals surface area contributed by atoms with Gasteiger partial charge in [0.2, 0.25) is 0 Å². The van der Waals surface area contributed by atoms with Crippen molar-refractivity contribution in [3.8, 4) is 5.75 Å². The molecule has 0 amide bonds. The first-order valence-electron chi connectivity index (χ1n) is 8.49. The molecule has 1 aromatic carbocycles. The molecular formula is C21H22O5. The molecule has 0 aliphatic heterocycles. The lowest BCUT2D eigenvalue weighted by Gasteiger charge is -2.10. The van der Waals surface area contributed by atoms with Gasteiger partial charge < -0.3 is 18.7 Å². The SMILES string of the molecule is CC(C)=C[C@@H](O)C/C(C)=C\COc1c2ccoc2cc2oc(=O)ccc12. The summed E-state index contributed by atoms with van der Waals surface area (Å²) in [5.41, 5.74) is 2.72. The van der Waals surface area contributed by atoms with Gasteiger partial charge in [-0.3, -0.25) is 0 Å². The standard InChI is InChI=1S/C21H22O5/c1-13(2)10-15(22)11-14(3)6-8-25-21-16-4-5-20(23)26-19(16)12-18-17(21)7-9-24-18/h4-7,9-10,12,15,22H,8,11H2,1-3H3/b14-6-/t15-/m1/s1. The van der Waals surface area contributed by atoms with E-state index in [9.17, 15) is 9.90 Å². The van der Waals surface area contributed by atoms with Gasteiger partial charge in [-0.2, -0.15) is 0 Å². The maximum absolute atomic E-state index is 11.5. The zero-order valence-corrected chi connectivity index (χ0v) is 15.1. The smallest absolute Gasteiger partial charge is 0.336 e. The Hall–Kier alpha value is -2.79. The predicted molar refractivity (Wildman–Crippen MR) is 102 cm³/mol. The van der Waals surface area contributed by atoms with E-state index in [2.05, 4.69) is 0 Å². The number of fused-ring (bicyclic) bond motifs is 2. The molecule has 0 bridgehead atoms. The van der Waals surface area contributed by atoms with E-state index in [4.69, 9.17) is 13.6 Å². The quantitative estimate of drug-likeness (QED) is 0.518. The molecule has 0 saturated carbocycles. The van der Waals surface area contributed by atoms with Crippen molar-refractivity contribution in [2.45, 2.75) is 33.3 Å². The second-order valence-corrected chi connectivity index (χ2v) is 6.58. The summed E-state index contributed by atoms with van der Waals surface area (Å²) in [5, 5.41) is 11.5. The number of hydrogen-bond acceptors (Lipinski definition) is 5. The molecule has 0 spiro atoms. The molecule has 1 atom stereocenters. The summed E-state index contributed by atoms with van der Waals surface area (Å²) < 4.78 is 16.6. The van der Waals surface area contributed by atoms with E-state index < -0.39 is 11.7 Å². The Kier molecular flexibility index (Phi) is 5.28. The van der Waals surface area contributed by atoms with Crippen LogP contribution in [0.1, 0.15) is 27.2 Å². The van der Waals surface area contributed by atoms with Crippen LogP contribution >= 0.6 is 0 Å². The molecule has 0 saturated heterocycles. The van der Waals surface area contributed by atoms with Crippen molar-refractivity contribution in [2.24, 2.45) is 0 Å². The minimum Gasteiger partial charge on any atom is -0.488 e. The second kappa shape index (κ2) is 7.62. The third-order valence-corrected chi connectivity index (χ3v) is 4.03. The summed E-state index contributed by atoms with van der Waals surface area (Å²) in [6.07, 6.45) is 5.40. The van der Waals surface area contributed by atoms with Crippen LogP contribution in [0.2, 0.25) is 0 Å². The topological polar surface area (TPSA) is 72.8 Å². The van der Waals surface area contributed by atoms with Crippen LogP contribution in [0.4, 0.5) is 0 Å². The van der Waals surface area contributed by atoms with Crippen molar-refractivity contribution >= 4 is 21.9 Å². The lowest BCUT2D eigenvalue weighted by molar-refractivity contribution is 0.222. The van der Waals surface area contributed by atoms with Crippen LogP contribution in [0.25, 0.3) is 21.9 Å². The van der Waals surface area contributed by atoms with Crippen molar-refractivity contribution in [3.63, 3.8) is 0 Å². The molecule has 2 heterocycles. The van der Waals surface area contributed by atoms with E-state index in [1.54, 1.807) is 18.4 Å². The van der Waals surface area contributed by atoms with Gasteiger partial charge >= 0.3 is 5.63 Å². The summed E-state index contributed by atoms with van der Waals surface area (Å²) in [4.78, 5) is 11.5. The number of furan rings is 1. The van der Waals surface area contributed by atoms with Gasteiger partial charge in [0.1, 0.15) is 23.5 Å². The second-order valence-electron chi connectivity index (χ2n) is 6.58. The molecule has 3 aromatic rings. The summed E-state index contributed by atoms with van der Waals surface area (Å²) in [5.74, 6) is 0.615. The van der Waals surface area contributed by atoms with E-state index in [0.29, 0.717) is 35.3 Å². The largest absolute Gasteiger partial charge is 0.488 e. The highest BCUT2D eigenvalue weighted by atomic mass is 16.5. The van der Waals surface area contributed by atoms with Gasteiger partial charge in [-0.25, -0.2) is 4.79 Å². The fourth-order valence-corrected chi connectivity index (χ4v) is 2.89. The number of ether oxygens (including phenoxy) is 1. The maximum atomic E-state index is 11.5. The van der Waals surface area contributed by atoms with E-state index >= 15 is 0 Å². The maximum Gasteiger partial charge on any atom is 0.336 e. The summed E-state index contributed by atoms with van der Waals surface area (Å²) in [7, 11) is 0. The Balaban J connectivity index is 1.83. The molecule has 3 rings (SSSR count). The number of allylic oxidation sites excluding steroid dienone is 1. The first kappa shape index (κ1) is 18.0. The first-order valence-corrected chi connectivity index (χ1v) is 8.49. The number of benzene rings is 1. The average Bonchev–Trinajstić information content (AvgIpc) is 3.01. The van der Waals surface area contributed by atoms with Crippen LogP contribution in [-0.4, -0.2) is 17.8 Å². The van der Waals surface area contributed by atoms with Crippen LogP contribution in [0, 0.1) is 0 Å². The fourth-order valence-electron chi connectivity index (χ4n) is 2.89. The molecule has 5 nitrogen and oxygen atoms in total. The molecule has 2 aromatic heterocycles. The first-order chi connectivity index (χ1) is 12.4. The monoisotopic (exact) mass is 354 g/mol. The molecule has 1 N–H and O–H groups in total. The Morgan fingerprint density at radius 2 is 1.96 bits per heavy atom. The third-order valence-electron chi connectivity index (χ3n) is 4.03. The third kappa shape index (κ3) is 4.06. The van der Waals surface area contributed by atoms with Gasteiger partial charge in [0.15, 0.2) is 0 Å². The van der Waals surface area contributed by atoms with Crippen molar-refractivity contribution in [1.82, 2.24) is 0 Å². The highest BCUT2D eigenvalue weighted by Crippen LogP contribution is 2.35. The summed E-state index contributed by atoms with van der Waals surface area (Å²) in [6.45, 7) is 6.22. The number of aliphatic hydroxyl groups excluding tert-OH is 1. The molecule has 0 aliphatic rings. The normalized spacial score (nSPS) is 13.2. The molecule has 0 aliphatic carbocycles. The molecular weight excluding hydrogens is 332 g/mol. The molecule has 5 heteroatoms. The average molecular weight is 354 g/mol. The molecule has 0 unspecified atom stereocenters. The number of aliphatic hydroxyl groups is 1. The van der Waals surface area contributed by atoms with E-state index in [0.717, 1.165) is 16.5 Å². The summed E-state index contributed by atoms with van der Waals surface area (Å²) >= 11 is 0.